The maximum atomic E-state index is 13.8. The highest BCUT2D eigenvalue weighted by Crippen LogP contribution is 2.36. The highest BCUT2D eigenvalue weighted by atomic mass is 32.2. The highest BCUT2D eigenvalue weighted by molar-refractivity contribution is 7.90. The van der Waals surface area contributed by atoms with Crippen molar-refractivity contribution in [1.82, 2.24) is 14.3 Å². The first kappa shape index (κ1) is 32.1. The summed E-state index contributed by atoms with van der Waals surface area (Å²) in [6, 6.07) is 29.1. The summed E-state index contributed by atoms with van der Waals surface area (Å²) in [6.07, 6.45) is 1.42. The molecule has 0 bridgehead atoms. The van der Waals surface area contributed by atoms with Crippen molar-refractivity contribution in [2.24, 2.45) is 4.40 Å². The summed E-state index contributed by atoms with van der Waals surface area (Å²) < 4.78 is 51.4. The lowest BCUT2D eigenvalue weighted by Crippen LogP contribution is -2.17. The second-order valence-electron chi connectivity index (χ2n) is 11.2. The Morgan fingerprint density at radius 2 is 1.51 bits per heavy atom. The van der Waals surface area contributed by atoms with E-state index < -0.39 is 16.0 Å². The Bertz CT molecular complexity index is 2340. The maximum absolute atomic E-state index is 13.8. The third kappa shape index (κ3) is 6.05. The van der Waals surface area contributed by atoms with Gasteiger partial charge in [0.25, 0.3) is 10.0 Å². The number of aromatic nitrogens is 3. The molecule has 0 aliphatic heterocycles. The summed E-state index contributed by atoms with van der Waals surface area (Å²) >= 11 is 1.22. The second-order valence-corrected chi connectivity index (χ2v) is 13.6. The normalized spacial score (nSPS) is 12.7. The number of aryl methyl sites for hydroxylation is 1. The number of nitrogens with zero attached hydrogens (tertiary/aromatic N) is 4. The number of carbonyl (C=O) groups is 1. The quantitative estimate of drug-likeness (QED) is 0.156. The van der Waals surface area contributed by atoms with Gasteiger partial charge in [0.2, 0.25) is 4.80 Å². The molecule has 248 valence electrons. The van der Waals surface area contributed by atoms with E-state index in [4.69, 9.17) is 19.3 Å². The molecule has 1 aliphatic carbocycles. The number of thiazole rings is 1. The van der Waals surface area contributed by atoms with Gasteiger partial charge >= 0.3 is 5.97 Å². The van der Waals surface area contributed by atoms with Gasteiger partial charge in [-0.25, -0.2) is 9.48 Å². The standard InChI is InChI=1S/C37H32N4O6S2/c1-4-47-36(42)35-32-22-11-24-7-5-6-8-31(24)34(32)38-41(35)27-14-20-30(21-15-27)49(43,44)39-37-40(26-12-18-29(46-3)19-13-26)33(23-48-37)25-9-16-28(45-2)17-10-25/h5-10,12-21,23H,4,11,22H2,1-3H3/b39-37-. The van der Waals surface area contributed by atoms with E-state index in [0.29, 0.717) is 35.0 Å². The van der Waals surface area contributed by atoms with Gasteiger partial charge in [-0.3, -0.25) is 4.57 Å². The molecule has 0 spiro atoms. The predicted molar refractivity (Wildman–Crippen MR) is 187 cm³/mol. The van der Waals surface area contributed by atoms with Crippen LogP contribution in [0.4, 0.5) is 0 Å². The van der Waals surface area contributed by atoms with Gasteiger partial charge < -0.3 is 14.2 Å². The highest BCUT2D eigenvalue weighted by Gasteiger charge is 2.30. The lowest BCUT2D eigenvalue weighted by molar-refractivity contribution is 0.0514. The number of methoxy groups -OCH3 is 2. The fraction of sp³-hybridized carbons (Fsp3) is 0.162. The molecule has 49 heavy (non-hydrogen) atoms. The fourth-order valence-electron chi connectivity index (χ4n) is 5.96. The second kappa shape index (κ2) is 13.2. The monoisotopic (exact) mass is 692 g/mol. The Hall–Kier alpha value is -5.46. The lowest BCUT2D eigenvalue weighted by atomic mass is 9.89. The van der Waals surface area contributed by atoms with Gasteiger partial charge in [0.15, 0.2) is 5.69 Å². The van der Waals surface area contributed by atoms with Crippen LogP contribution in [-0.2, 0) is 27.6 Å². The largest absolute Gasteiger partial charge is 0.497 e. The minimum absolute atomic E-state index is 0.00289. The van der Waals surface area contributed by atoms with Crippen LogP contribution in [0.25, 0.3) is 33.9 Å². The summed E-state index contributed by atoms with van der Waals surface area (Å²) in [5, 5.41) is 6.72. The molecule has 0 amide bonds. The van der Waals surface area contributed by atoms with E-state index in [-0.39, 0.29) is 16.3 Å². The molecule has 10 nitrogen and oxygen atoms in total. The topological polar surface area (TPSA) is 114 Å². The van der Waals surface area contributed by atoms with Crippen LogP contribution in [-0.4, -0.2) is 49.6 Å². The first-order valence-electron chi connectivity index (χ1n) is 15.6. The molecule has 0 fully saturated rings. The van der Waals surface area contributed by atoms with Crippen LogP contribution in [0, 0.1) is 0 Å². The summed E-state index contributed by atoms with van der Waals surface area (Å²) in [4.78, 5) is 13.5. The van der Waals surface area contributed by atoms with Crippen LogP contribution in [0.2, 0.25) is 0 Å². The Kier molecular flexibility index (Phi) is 8.66. The number of hydrogen-bond donors (Lipinski definition) is 0. The summed E-state index contributed by atoms with van der Waals surface area (Å²) in [5.41, 5.74) is 6.89. The summed E-state index contributed by atoms with van der Waals surface area (Å²) in [5.74, 6) is 0.904. The van der Waals surface area contributed by atoms with Gasteiger partial charge in [-0.15, -0.1) is 15.7 Å². The molecular formula is C37H32N4O6S2. The van der Waals surface area contributed by atoms with Crippen molar-refractivity contribution in [1.29, 1.82) is 0 Å². The van der Waals surface area contributed by atoms with Crippen LogP contribution in [0.5, 0.6) is 11.5 Å². The molecule has 0 unspecified atom stereocenters. The third-order valence-electron chi connectivity index (χ3n) is 8.37. The zero-order valence-electron chi connectivity index (χ0n) is 27.0. The van der Waals surface area contributed by atoms with E-state index in [9.17, 15) is 13.2 Å². The molecular weight excluding hydrogens is 661 g/mol. The van der Waals surface area contributed by atoms with Gasteiger partial charge in [0.05, 0.1) is 42.8 Å². The van der Waals surface area contributed by atoms with Gasteiger partial charge in [-0.1, -0.05) is 24.3 Å². The number of fused-ring (bicyclic) bond motifs is 3. The van der Waals surface area contributed by atoms with Crippen LogP contribution in [0.1, 0.15) is 28.5 Å². The Balaban J connectivity index is 1.30. The zero-order chi connectivity index (χ0) is 34.1. The molecule has 12 heteroatoms. The molecule has 0 saturated heterocycles. The van der Waals surface area contributed by atoms with Crippen LogP contribution in [0.3, 0.4) is 0 Å². The first-order valence-corrected chi connectivity index (χ1v) is 17.9. The number of rotatable bonds is 9. The predicted octanol–water partition coefficient (Wildman–Crippen LogP) is 6.64. The van der Waals surface area contributed by atoms with E-state index >= 15 is 0 Å². The minimum atomic E-state index is -4.16. The third-order valence-corrected chi connectivity index (χ3v) is 10.6. The Morgan fingerprint density at radius 3 is 2.18 bits per heavy atom. The summed E-state index contributed by atoms with van der Waals surface area (Å²) in [6.45, 7) is 1.98. The van der Waals surface area contributed by atoms with E-state index in [1.807, 2.05) is 72.1 Å². The SMILES string of the molecule is CCOC(=O)c1c2c(nn1-c1ccc(S(=O)(=O)/N=c3\scc(-c4ccc(OC)cc4)n3-c3ccc(OC)cc3)cc1)-c1ccccc1CC2. The molecule has 4 aromatic carbocycles. The molecule has 7 rings (SSSR count). The summed E-state index contributed by atoms with van der Waals surface area (Å²) in [7, 11) is -0.972. The smallest absolute Gasteiger partial charge is 0.357 e. The number of benzene rings is 4. The van der Waals surface area contributed by atoms with Crippen molar-refractivity contribution in [2.45, 2.75) is 24.7 Å². The molecule has 6 aromatic rings. The Labute approximate surface area is 287 Å². The number of carbonyl (C=O) groups excluding carboxylic acids is 1. The van der Waals surface area contributed by atoms with Crippen LogP contribution in [0.15, 0.2) is 112 Å². The van der Waals surface area contributed by atoms with Crippen LogP contribution < -0.4 is 14.3 Å². The van der Waals surface area contributed by atoms with Crippen molar-refractivity contribution in [3.63, 3.8) is 0 Å². The van der Waals surface area contributed by atoms with Crippen molar-refractivity contribution < 1.29 is 27.4 Å². The maximum Gasteiger partial charge on any atom is 0.357 e. The molecule has 2 heterocycles. The average molecular weight is 693 g/mol. The van der Waals surface area contributed by atoms with Crippen molar-refractivity contribution in [2.75, 3.05) is 20.8 Å². The van der Waals surface area contributed by atoms with Crippen molar-refractivity contribution >= 4 is 27.3 Å². The first-order chi connectivity index (χ1) is 23.8. The molecule has 2 aromatic heterocycles. The van der Waals surface area contributed by atoms with Gasteiger partial charge in [-0.05, 0) is 104 Å². The number of esters is 1. The molecule has 0 saturated carbocycles. The molecule has 0 radical (unpaired) electrons. The van der Waals surface area contributed by atoms with E-state index in [2.05, 4.69) is 10.5 Å². The lowest BCUT2D eigenvalue weighted by Gasteiger charge is -2.15. The molecule has 0 atom stereocenters. The van der Waals surface area contributed by atoms with Crippen molar-refractivity contribution in [3.8, 4) is 45.4 Å². The van der Waals surface area contributed by atoms with E-state index in [1.54, 1.807) is 42.5 Å². The fourth-order valence-corrected chi connectivity index (χ4v) is 8.07. The Morgan fingerprint density at radius 1 is 0.857 bits per heavy atom. The average Bonchev–Trinajstić information content (AvgIpc) is 3.74. The van der Waals surface area contributed by atoms with Gasteiger partial charge in [0, 0.05) is 22.2 Å². The van der Waals surface area contributed by atoms with E-state index in [1.165, 1.54) is 23.5 Å². The van der Waals surface area contributed by atoms with Crippen LogP contribution >= 0.6 is 11.3 Å². The molecule has 0 N–H and O–H groups in total. The number of hydrogen-bond acceptors (Lipinski definition) is 8. The number of sulfonamides is 1. The van der Waals surface area contributed by atoms with Gasteiger partial charge in [0.1, 0.15) is 11.5 Å². The van der Waals surface area contributed by atoms with Gasteiger partial charge in [-0.2, -0.15) is 13.5 Å². The van der Waals surface area contributed by atoms with E-state index in [0.717, 1.165) is 40.1 Å². The number of ether oxygens (including phenoxy) is 3. The zero-order valence-corrected chi connectivity index (χ0v) is 28.6. The molecule has 1 aliphatic rings. The van der Waals surface area contributed by atoms with Crippen molar-refractivity contribution in [3.05, 3.63) is 124 Å². The minimum Gasteiger partial charge on any atom is -0.497 e.